The Morgan fingerprint density at radius 1 is 1.75 bits per heavy atom. The number of nitrogens with one attached hydrogen (secondary N) is 1. The molecule has 2 unspecified atom stereocenters. The van der Waals surface area contributed by atoms with Crippen LogP contribution in [0.25, 0.3) is 0 Å². The molecule has 1 N–H and O–H groups in total. The van der Waals surface area contributed by atoms with Gasteiger partial charge in [0.15, 0.2) is 0 Å². The van der Waals surface area contributed by atoms with Crippen LogP contribution in [0.3, 0.4) is 0 Å². The Labute approximate surface area is 70.4 Å². The van der Waals surface area contributed by atoms with Gasteiger partial charge in [0, 0.05) is 0 Å². The maximum Gasteiger partial charge on any atom is 0.320 e. The molecule has 2 rings (SSSR count). The van der Waals surface area contributed by atoms with Gasteiger partial charge in [-0.05, 0) is 19.4 Å². The Hall–Kier alpha value is -1.10. The summed E-state index contributed by atoms with van der Waals surface area (Å²) in [6, 6.07) is 0.249. The van der Waals surface area contributed by atoms with Crippen LogP contribution >= 0.6 is 0 Å². The number of hydrogen-bond acceptors (Lipinski definition) is 5. The van der Waals surface area contributed by atoms with Crippen molar-refractivity contribution in [3.05, 3.63) is 0 Å². The molecule has 0 spiro atoms. The van der Waals surface area contributed by atoms with Gasteiger partial charge in [0.25, 0.3) is 0 Å². The van der Waals surface area contributed by atoms with E-state index in [9.17, 15) is 4.79 Å². The smallest absolute Gasteiger partial charge is 0.320 e. The lowest BCUT2D eigenvalue weighted by atomic mass is 10.1. The van der Waals surface area contributed by atoms with Crippen molar-refractivity contribution in [1.29, 1.82) is 0 Å². The lowest BCUT2D eigenvalue weighted by Gasteiger charge is -2.29. The highest BCUT2D eigenvalue weighted by Gasteiger charge is 2.33. The number of aliphatic imine (C=N–C) groups is 1. The molecule has 1 fully saturated rings. The van der Waals surface area contributed by atoms with E-state index in [1.807, 2.05) is 0 Å². The minimum absolute atomic E-state index is 0.0592. The number of fused-ring (bicyclic) bond motifs is 1. The molecule has 2 heterocycles. The number of rotatable bonds is 2. The third-order valence-electron chi connectivity index (χ3n) is 2.21. The van der Waals surface area contributed by atoms with Crippen LogP contribution in [0, 0.1) is 0 Å². The molecule has 1 saturated heterocycles. The second-order valence-corrected chi connectivity index (χ2v) is 2.93. The molecule has 0 aliphatic carbocycles. The molecule has 66 valence electrons. The summed E-state index contributed by atoms with van der Waals surface area (Å²) in [5.74, 6) is 0. The number of piperidine rings is 1. The van der Waals surface area contributed by atoms with Crippen LogP contribution in [0.2, 0.25) is 0 Å². The molecule has 2 atom stereocenters. The van der Waals surface area contributed by atoms with E-state index >= 15 is 0 Å². The van der Waals surface area contributed by atoms with Gasteiger partial charge in [-0.25, -0.2) is 0 Å². The third kappa shape index (κ3) is 1.16. The molecule has 2 aliphatic heterocycles. The average Bonchev–Trinajstić information content (AvgIpc) is 2.50. The first kappa shape index (κ1) is 7.54. The zero-order valence-electron chi connectivity index (χ0n) is 6.64. The monoisotopic (exact) mass is 169 g/mol. The van der Waals surface area contributed by atoms with Gasteiger partial charge in [-0.1, -0.05) is 0 Å². The molecule has 12 heavy (non-hydrogen) atoms. The fourth-order valence-corrected chi connectivity index (χ4v) is 1.64. The van der Waals surface area contributed by atoms with E-state index in [1.165, 1.54) is 5.06 Å². The Morgan fingerprint density at radius 2 is 2.67 bits per heavy atom. The van der Waals surface area contributed by atoms with Crippen LogP contribution in [0.1, 0.15) is 12.8 Å². The lowest BCUT2D eigenvalue weighted by Crippen LogP contribution is -2.50. The zero-order valence-corrected chi connectivity index (χ0v) is 6.64. The lowest BCUT2D eigenvalue weighted by molar-refractivity contribution is -0.163. The predicted octanol–water partition coefficient (Wildman–Crippen LogP) is -0.504. The quantitative estimate of drug-likeness (QED) is 0.566. The van der Waals surface area contributed by atoms with Crippen molar-refractivity contribution < 1.29 is 9.63 Å². The molecular formula is C7H11N3O2. The van der Waals surface area contributed by atoms with Crippen LogP contribution in [0.5, 0.6) is 0 Å². The van der Waals surface area contributed by atoms with E-state index in [0.717, 1.165) is 19.4 Å². The molecule has 0 radical (unpaired) electrons. The number of carbonyl (C=O) groups is 1. The van der Waals surface area contributed by atoms with E-state index in [-0.39, 0.29) is 12.2 Å². The molecule has 2 aliphatic rings. The van der Waals surface area contributed by atoms with Crippen molar-refractivity contribution in [2.75, 3.05) is 6.54 Å². The number of carbonyl (C=O) groups excluding carboxylic acids is 1. The largest absolute Gasteiger partial charge is 0.342 e. The number of hydrogen-bond donors (Lipinski definition) is 1. The molecule has 0 saturated carbocycles. The fraction of sp³-hybridized carbons (Fsp3) is 0.714. The van der Waals surface area contributed by atoms with Gasteiger partial charge in [0.05, 0.1) is 6.04 Å². The minimum atomic E-state index is 0.0592. The van der Waals surface area contributed by atoms with E-state index < -0.39 is 0 Å². The molecule has 0 aromatic carbocycles. The third-order valence-corrected chi connectivity index (χ3v) is 2.21. The average molecular weight is 169 g/mol. The van der Waals surface area contributed by atoms with Gasteiger partial charge in [0.1, 0.15) is 12.5 Å². The first-order valence-corrected chi connectivity index (χ1v) is 4.07. The Bertz CT molecular complexity index is 207. The molecular weight excluding hydrogens is 158 g/mol. The summed E-state index contributed by atoms with van der Waals surface area (Å²) in [5, 5.41) is 4.70. The van der Waals surface area contributed by atoms with E-state index in [1.54, 1.807) is 6.34 Å². The van der Waals surface area contributed by atoms with Crippen LogP contribution < -0.4 is 5.32 Å². The van der Waals surface area contributed by atoms with Gasteiger partial charge in [-0.3, -0.25) is 15.1 Å². The van der Waals surface area contributed by atoms with Crippen LogP contribution in [0.15, 0.2) is 4.99 Å². The highest BCUT2D eigenvalue weighted by Crippen LogP contribution is 2.19. The summed E-state index contributed by atoms with van der Waals surface area (Å²) in [4.78, 5) is 19.0. The first-order valence-electron chi connectivity index (χ1n) is 4.07. The van der Waals surface area contributed by atoms with E-state index in [4.69, 9.17) is 4.84 Å². The zero-order chi connectivity index (χ0) is 8.39. The molecule has 0 aromatic heterocycles. The van der Waals surface area contributed by atoms with Gasteiger partial charge in [-0.2, -0.15) is 5.06 Å². The Kier molecular flexibility index (Phi) is 1.95. The van der Waals surface area contributed by atoms with Crippen LogP contribution in [0.4, 0.5) is 0 Å². The van der Waals surface area contributed by atoms with Crippen molar-refractivity contribution in [2.45, 2.75) is 25.0 Å². The Balaban J connectivity index is 2.00. The SMILES string of the molecule is O=CON1C=NC2CCCNC21. The van der Waals surface area contributed by atoms with Crippen molar-refractivity contribution in [3.63, 3.8) is 0 Å². The standard InChI is InChI=1S/C7H11N3O2/c11-5-12-10-4-9-6-2-1-3-8-7(6)10/h4-8H,1-3H2. The molecule has 0 bridgehead atoms. The molecule has 5 nitrogen and oxygen atoms in total. The summed E-state index contributed by atoms with van der Waals surface area (Å²) < 4.78 is 0. The minimum Gasteiger partial charge on any atom is -0.342 e. The van der Waals surface area contributed by atoms with Crippen molar-refractivity contribution in [1.82, 2.24) is 10.4 Å². The van der Waals surface area contributed by atoms with Gasteiger partial charge >= 0.3 is 6.47 Å². The predicted molar refractivity (Wildman–Crippen MR) is 42.3 cm³/mol. The number of nitrogens with zero attached hydrogens (tertiary/aromatic N) is 2. The summed E-state index contributed by atoms with van der Waals surface area (Å²) in [5.41, 5.74) is 0. The second-order valence-electron chi connectivity index (χ2n) is 2.93. The second kappa shape index (κ2) is 3.10. The maximum atomic E-state index is 10.1. The summed E-state index contributed by atoms with van der Waals surface area (Å²) >= 11 is 0. The number of hydroxylamine groups is 2. The summed E-state index contributed by atoms with van der Waals surface area (Å²) in [6.07, 6.45) is 3.83. The highest BCUT2D eigenvalue weighted by molar-refractivity contribution is 5.59. The van der Waals surface area contributed by atoms with Crippen molar-refractivity contribution in [2.24, 2.45) is 4.99 Å². The van der Waals surface area contributed by atoms with Crippen molar-refractivity contribution in [3.8, 4) is 0 Å². The normalized spacial score (nSPS) is 33.2. The molecule has 0 amide bonds. The fourth-order valence-electron chi connectivity index (χ4n) is 1.64. The first-order chi connectivity index (χ1) is 5.92. The van der Waals surface area contributed by atoms with E-state index in [0.29, 0.717) is 6.47 Å². The maximum absolute atomic E-state index is 10.1. The molecule has 5 heteroatoms. The van der Waals surface area contributed by atoms with Crippen LogP contribution in [-0.2, 0) is 9.63 Å². The van der Waals surface area contributed by atoms with Gasteiger partial charge in [-0.15, -0.1) is 0 Å². The summed E-state index contributed by atoms with van der Waals surface area (Å²) in [6.45, 7) is 1.38. The van der Waals surface area contributed by atoms with Gasteiger partial charge < -0.3 is 4.84 Å². The van der Waals surface area contributed by atoms with Crippen LogP contribution in [-0.4, -0.2) is 36.6 Å². The summed E-state index contributed by atoms with van der Waals surface area (Å²) in [7, 11) is 0. The van der Waals surface area contributed by atoms with Gasteiger partial charge in [0.2, 0.25) is 0 Å². The van der Waals surface area contributed by atoms with E-state index in [2.05, 4.69) is 10.3 Å². The van der Waals surface area contributed by atoms with Crippen molar-refractivity contribution >= 4 is 12.8 Å². The molecule has 0 aromatic rings. The highest BCUT2D eigenvalue weighted by atomic mass is 16.7. The topological polar surface area (TPSA) is 53.9 Å². The Morgan fingerprint density at radius 3 is 3.50 bits per heavy atom.